The van der Waals surface area contributed by atoms with Gasteiger partial charge < -0.3 is 9.47 Å². The topological polar surface area (TPSA) is 111 Å². The van der Waals surface area contributed by atoms with Crippen molar-refractivity contribution in [3.05, 3.63) is 29.3 Å². The summed E-state index contributed by atoms with van der Waals surface area (Å²) >= 11 is 0. The maximum absolute atomic E-state index is 11.6. The van der Waals surface area contributed by atoms with Crippen LogP contribution in [-0.2, 0) is 14.4 Å². The molecule has 1 fully saturated rings. The number of esters is 1. The van der Waals surface area contributed by atoms with E-state index in [9.17, 15) is 19.2 Å². The summed E-state index contributed by atoms with van der Waals surface area (Å²) in [6.07, 6.45) is 1.29. The van der Waals surface area contributed by atoms with Crippen LogP contribution in [0.1, 0.15) is 12.5 Å². The molecule has 0 atom stereocenters. The highest BCUT2D eigenvalue weighted by molar-refractivity contribution is 6.31. The minimum Gasteiger partial charge on any atom is -0.493 e. The van der Waals surface area contributed by atoms with E-state index in [2.05, 4.69) is 0 Å². The van der Waals surface area contributed by atoms with Gasteiger partial charge in [-0.25, -0.2) is 4.79 Å². The first-order valence-corrected chi connectivity index (χ1v) is 6.15. The number of benzene rings is 1. The van der Waals surface area contributed by atoms with Crippen molar-refractivity contribution in [3.8, 4) is 11.5 Å². The summed E-state index contributed by atoms with van der Waals surface area (Å²) < 4.78 is 10.0. The second-order valence-electron chi connectivity index (χ2n) is 4.30. The lowest BCUT2D eigenvalue weighted by atomic mass is 10.1. The molecule has 1 aromatic rings. The Bertz CT molecular complexity index is 685. The number of rotatable bonds is 3. The number of amides is 4. The van der Waals surface area contributed by atoms with Gasteiger partial charge in [-0.1, -0.05) is 6.07 Å². The molecule has 0 bridgehead atoms. The maximum Gasteiger partial charge on any atom is 0.328 e. The van der Waals surface area contributed by atoms with Crippen LogP contribution in [0, 0.1) is 0 Å². The maximum atomic E-state index is 11.6. The molecule has 0 unspecified atom stereocenters. The van der Waals surface area contributed by atoms with Gasteiger partial charge in [0, 0.05) is 6.92 Å². The normalized spacial score (nSPS) is 14.1. The van der Waals surface area contributed by atoms with Crippen LogP contribution in [0.15, 0.2) is 23.8 Å². The van der Waals surface area contributed by atoms with Gasteiger partial charge in [0.2, 0.25) is 0 Å². The Morgan fingerprint density at radius 2 is 1.73 bits per heavy atom. The molecule has 4 amide bonds. The highest BCUT2D eigenvalue weighted by Crippen LogP contribution is 2.29. The minimum atomic E-state index is -0.866. The quantitative estimate of drug-likeness (QED) is 0.361. The summed E-state index contributed by atoms with van der Waals surface area (Å²) in [4.78, 5) is 45.2. The number of ether oxygens (including phenoxy) is 2. The molecule has 0 aliphatic carbocycles. The van der Waals surface area contributed by atoms with E-state index < -0.39 is 23.8 Å². The van der Waals surface area contributed by atoms with E-state index in [1.54, 1.807) is 0 Å². The average Bonchev–Trinajstić information content (AvgIpc) is 2.43. The van der Waals surface area contributed by atoms with Crippen LogP contribution in [0.2, 0.25) is 0 Å². The van der Waals surface area contributed by atoms with E-state index in [0.29, 0.717) is 5.56 Å². The molecule has 2 rings (SSSR count). The Hall–Kier alpha value is -3.16. The van der Waals surface area contributed by atoms with Crippen molar-refractivity contribution in [1.82, 2.24) is 10.6 Å². The molecule has 114 valence electrons. The number of methoxy groups -OCH3 is 1. The molecule has 1 aliphatic heterocycles. The van der Waals surface area contributed by atoms with E-state index in [4.69, 9.17) is 9.47 Å². The summed E-state index contributed by atoms with van der Waals surface area (Å²) in [5.41, 5.74) is 0.240. The number of imide groups is 2. The number of carbonyl (C=O) groups excluding carboxylic acids is 4. The Labute approximate surface area is 125 Å². The number of hydrogen-bond donors (Lipinski definition) is 2. The summed E-state index contributed by atoms with van der Waals surface area (Å²) in [7, 11) is 1.39. The second kappa shape index (κ2) is 6.08. The van der Waals surface area contributed by atoms with Crippen LogP contribution in [0.3, 0.4) is 0 Å². The molecule has 22 heavy (non-hydrogen) atoms. The number of hydrogen-bond acceptors (Lipinski definition) is 6. The first-order chi connectivity index (χ1) is 10.4. The predicted octanol–water partition coefficient (Wildman–Crippen LogP) is 0.370. The summed E-state index contributed by atoms with van der Waals surface area (Å²) in [6.45, 7) is 1.25. The fourth-order valence-electron chi connectivity index (χ4n) is 1.79. The van der Waals surface area contributed by atoms with Gasteiger partial charge in [0.05, 0.1) is 7.11 Å². The van der Waals surface area contributed by atoms with Gasteiger partial charge in [-0.3, -0.25) is 25.0 Å². The van der Waals surface area contributed by atoms with Gasteiger partial charge in [0.25, 0.3) is 11.8 Å². The highest BCUT2D eigenvalue weighted by atomic mass is 16.6. The largest absolute Gasteiger partial charge is 0.493 e. The van der Waals surface area contributed by atoms with E-state index >= 15 is 0 Å². The smallest absolute Gasteiger partial charge is 0.328 e. The monoisotopic (exact) mass is 304 g/mol. The molecule has 0 aromatic heterocycles. The first kappa shape index (κ1) is 15.2. The van der Waals surface area contributed by atoms with Crippen molar-refractivity contribution in [2.45, 2.75) is 6.92 Å². The van der Waals surface area contributed by atoms with Crippen LogP contribution >= 0.6 is 0 Å². The highest BCUT2D eigenvalue weighted by Gasteiger charge is 2.27. The van der Waals surface area contributed by atoms with Crippen molar-refractivity contribution >= 4 is 29.9 Å². The Morgan fingerprint density at radius 1 is 1.09 bits per heavy atom. The lowest BCUT2D eigenvalue weighted by molar-refractivity contribution is -0.132. The third-order valence-electron chi connectivity index (χ3n) is 2.70. The lowest BCUT2D eigenvalue weighted by Gasteiger charge is -2.14. The SMILES string of the molecule is COc1cc(C=C2C(=O)NC(=O)NC2=O)ccc1OC(C)=O. The lowest BCUT2D eigenvalue weighted by Crippen LogP contribution is -2.51. The first-order valence-electron chi connectivity index (χ1n) is 6.15. The van der Waals surface area contributed by atoms with Gasteiger partial charge in [-0.05, 0) is 23.8 Å². The fourth-order valence-corrected chi connectivity index (χ4v) is 1.79. The van der Waals surface area contributed by atoms with Crippen LogP contribution < -0.4 is 20.1 Å². The summed E-state index contributed by atoms with van der Waals surface area (Å²) in [6, 6.07) is 3.62. The predicted molar refractivity (Wildman–Crippen MR) is 74.0 cm³/mol. The number of urea groups is 1. The number of carbonyl (C=O) groups is 4. The zero-order chi connectivity index (χ0) is 16.3. The summed E-state index contributed by atoms with van der Waals surface area (Å²) in [5, 5.41) is 3.93. The molecular weight excluding hydrogens is 292 g/mol. The molecule has 1 heterocycles. The van der Waals surface area contributed by atoms with E-state index in [1.165, 1.54) is 38.3 Å². The molecule has 1 saturated heterocycles. The van der Waals surface area contributed by atoms with Crippen molar-refractivity contribution in [3.63, 3.8) is 0 Å². The van der Waals surface area contributed by atoms with Gasteiger partial charge in [0.15, 0.2) is 11.5 Å². The van der Waals surface area contributed by atoms with E-state index in [0.717, 1.165) is 0 Å². The molecule has 0 spiro atoms. The zero-order valence-corrected chi connectivity index (χ0v) is 11.8. The van der Waals surface area contributed by atoms with E-state index in [-0.39, 0.29) is 17.1 Å². The second-order valence-corrected chi connectivity index (χ2v) is 4.30. The Kier molecular flexibility index (Phi) is 4.21. The van der Waals surface area contributed by atoms with Gasteiger partial charge >= 0.3 is 12.0 Å². The van der Waals surface area contributed by atoms with Crippen LogP contribution in [0.25, 0.3) is 6.08 Å². The number of barbiturate groups is 1. The van der Waals surface area contributed by atoms with E-state index in [1.807, 2.05) is 10.6 Å². The van der Waals surface area contributed by atoms with Crippen LogP contribution in [0.4, 0.5) is 4.79 Å². The standard InChI is InChI=1S/C14H12N2O6/c1-7(17)22-10-4-3-8(6-11(10)21-2)5-9-12(18)15-14(20)16-13(9)19/h3-6H,1-2H3,(H2,15,16,18,19,20). The van der Waals surface area contributed by atoms with Crippen molar-refractivity contribution in [2.75, 3.05) is 7.11 Å². The molecule has 1 aromatic carbocycles. The van der Waals surface area contributed by atoms with Gasteiger partial charge in [-0.2, -0.15) is 0 Å². The van der Waals surface area contributed by atoms with Crippen molar-refractivity contribution in [2.24, 2.45) is 0 Å². The Balaban J connectivity index is 2.35. The number of nitrogens with one attached hydrogen (secondary N) is 2. The summed E-state index contributed by atoms with van der Waals surface area (Å²) in [5.74, 6) is -1.62. The molecule has 2 N–H and O–H groups in total. The van der Waals surface area contributed by atoms with Gasteiger partial charge in [0.1, 0.15) is 5.57 Å². The molecule has 0 saturated carbocycles. The third-order valence-corrected chi connectivity index (χ3v) is 2.70. The third kappa shape index (κ3) is 3.29. The van der Waals surface area contributed by atoms with Gasteiger partial charge in [-0.15, -0.1) is 0 Å². The molecule has 0 radical (unpaired) electrons. The fraction of sp³-hybridized carbons (Fsp3) is 0.143. The van der Waals surface area contributed by atoms with Crippen LogP contribution in [0.5, 0.6) is 11.5 Å². The van der Waals surface area contributed by atoms with Crippen LogP contribution in [-0.4, -0.2) is 30.9 Å². The molecule has 8 nitrogen and oxygen atoms in total. The zero-order valence-electron chi connectivity index (χ0n) is 11.8. The minimum absolute atomic E-state index is 0.213. The molecular formula is C14H12N2O6. The molecule has 1 aliphatic rings. The van der Waals surface area contributed by atoms with Crippen molar-refractivity contribution < 1.29 is 28.7 Å². The average molecular weight is 304 g/mol. The molecule has 8 heteroatoms. The Morgan fingerprint density at radius 3 is 2.27 bits per heavy atom. The van der Waals surface area contributed by atoms with Crippen molar-refractivity contribution in [1.29, 1.82) is 0 Å².